The van der Waals surface area contributed by atoms with Crippen LogP contribution >= 0.6 is 57.6 Å². The highest BCUT2D eigenvalue weighted by molar-refractivity contribution is 14.1. The summed E-state index contributed by atoms with van der Waals surface area (Å²) in [4.78, 5) is 84.1. The predicted molar refractivity (Wildman–Crippen MR) is 331 cm³/mol. The lowest BCUT2D eigenvalue weighted by Gasteiger charge is -2.21. The van der Waals surface area contributed by atoms with E-state index in [1.807, 2.05) is 52.0 Å². The third kappa shape index (κ3) is 34.4. The Kier molecular flexibility index (Phi) is 36.8. The highest BCUT2D eigenvalue weighted by atomic mass is 127. The highest BCUT2D eigenvalue weighted by Gasteiger charge is 2.18. The van der Waals surface area contributed by atoms with Crippen LogP contribution in [0.3, 0.4) is 0 Å². The summed E-state index contributed by atoms with van der Waals surface area (Å²) in [5.74, 6) is -6.76. The number of benzene rings is 5. The van der Waals surface area contributed by atoms with Crippen LogP contribution in [0.15, 0.2) is 97.1 Å². The molecule has 0 amide bonds. The minimum absolute atomic E-state index is 0.0242. The van der Waals surface area contributed by atoms with Crippen molar-refractivity contribution in [1.82, 2.24) is 0 Å². The number of ether oxygens (including phenoxy) is 2. The van der Waals surface area contributed by atoms with Gasteiger partial charge in [0.1, 0.15) is 51.1 Å². The summed E-state index contributed by atoms with van der Waals surface area (Å²) in [6.07, 6.45) is 5.60. The van der Waals surface area contributed by atoms with Crippen molar-refractivity contribution in [3.63, 3.8) is 0 Å². The van der Waals surface area contributed by atoms with E-state index < -0.39 is 59.6 Å². The fourth-order valence-corrected chi connectivity index (χ4v) is 8.42. The van der Waals surface area contributed by atoms with Gasteiger partial charge in [0.05, 0.1) is 17.4 Å². The molecule has 85 heavy (non-hydrogen) atoms. The average molecular weight is 1360 g/mol. The molecule has 0 aliphatic heterocycles. The molecule has 4 atom stereocenters. The van der Waals surface area contributed by atoms with Crippen LogP contribution in [0.1, 0.15) is 161 Å². The van der Waals surface area contributed by atoms with E-state index in [-0.39, 0.29) is 57.7 Å². The van der Waals surface area contributed by atoms with Gasteiger partial charge in [-0.25, -0.2) is 23.6 Å². The van der Waals surface area contributed by atoms with Gasteiger partial charge in [-0.15, -0.1) is 0 Å². The zero-order valence-corrected chi connectivity index (χ0v) is 52.9. The lowest BCUT2D eigenvalue weighted by Crippen LogP contribution is -2.22. The Bertz CT molecular complexity index is 2910. The van der Waals surface area contributed by atoms with Crippen molar-refractivity contribution >= 4 is 104 Å². The Labute approximate surface area is 521 Å². The van der Waals surface area contributed by atoms with Gasteiger partial charge in [0.15, 0.2) is 11.2 Å². The van der Waals surface area contributed by atoms with Gasteiger partial charge in [0.25, 0.3) is 0 Å². The molecule has 0 radical (unpaired) electrons. The van der Waals surface area contributed by atoms with E-state index in [9.17, 15) is 53.0 Å². The summed E-state index contributed by atoms with van der Waals surface area (Å²) < 4.78 is 23.9. The summed E-state index contributed by atoms with van der Waals surface area (Å²) >= 11 is 14.3. The van der Waals surface area contributed by atoms with E-state index in [2.05, 4.69) is 13.8 Å². The quantitative estimate of drug-likeness (QED) is 0.0230. The van der Waals surface area contributed by atoms with Gasteiger partial charge in [0.2, 0.25) is 0 Å². The van der Waals surface area contributed by atoms with Gasteiger partial charge in [0, 0.05) is 27.7 Å². The van der Waals surface area contributed by atoms with Gasteiger partial charge < -0.3 is 55.4 Å². The number of carbonyl (C=O) groups excluding carboxylic acids is 1. The summed E-state index contributed by atoms with van der Waals surface area (Å²) in [5.41, 5.74) is 1.32. The van der Waals surface area contributed by atoms with E-state index in [0.29, 0.717) is 48.6 Å². The molecular formula is C61H74Cl2FIO19S. The molecule has 0 aliphatic rings. The van der Waals surface area contributed by atoms with Crippen LogP contribution in [0.2, 0.25) is 10.0 Å². The van der Waals surface area contributed by atoms with Gasteiger partial charge in [-0.1, -0.05) is 119 Å². The molecule has 5 aromatic carbocycles. The molecule has 24 heteroatoms. The van der Waals surface area contributed by atoms with Crippen molar-refractivity contribution in [2.24, 2.45) is 11.8 Å². The summed E-state index contributed by atoms with van der Waals surface area (Å²) in [6, 6.07) is 24.7. The van der Waals surface area contributed by atoms with E-state index in [1.165, 1.54) is 82.0 Å². The first kappa shape index (κ1) is 77.9. The summed E-state index contributed by atoms with van der Waals surface area (Å²) in [7, 11) is 0. The number of carboxylic acids is 7. The van der Waals surface area contributed by atoms with Crippen molar-refractivity contribution in [3.05, 3.63) is 150 Å². The molecule has 2 unspecified atom stereocenters. The number of phenols is 2. The third-order valence-corrected chi connectivity index (χ3v) is 13.7. The van der Waals surface area contributed by atoms with Crippen LogP contribution in [0.25, 0.3) is 0 Å². The number of aromatic carboxylic acids is 3. The Morgan fingerprint density at radius 3 is 1.61 bits per heavy atom. The normalized spacial score (nSPS) is 11.7. The largest absolute Gasteiger partial charge is 0.507 e. The maximum absolute atomic E-state index is 12.7. The molecule has 19 nitrogen and oxygen atoms in total. The number of unbranched alkanes of at least 4 members (excludes halogenated alkanes) is 2. The van der Waals surface area contributed by atoms with Crippen molar-refractivity contribution in [2.75, 3.05) is 5.75 Å². The van der Waals surface area contributed by atoms with E-state index >= 15 is 0 Å². The number of hydrogen-bond donors (Lipinski definition) is 9. The lowest BCUT2D eigenvalue weighted by atomic mass is 9.98. The van der Waals surface area contributed by atoms with Crippen LogP contribution < -0.4 is 9.47 Å². The van der Waals surface area contributed by atoms with Gasteiger partial charge >= 0.3 is 41.8 Å². The monoisotopic (exact) mass is 1360 g/mol. The van der Waals surface area contributed by atoms with E-state index in [4.69, 9.17) is 68.4 Å². The first-order chi connectivity index (χ1) is 39.5. The Balaban J connectivity index is 0.00000102. The van der Waals surface area contributed by atoms with Gasteiger partial charge in [-0.05, 0) is 158 Å². The van der Waals surface area contributed by atoms with Crippen molar-refractivity contribution in [2.45, 2.75) is 131 Å². The highest BCUT2D eigenvalue weighted by Crippen LogP contribution is 2.29. The summed E-state index contributed by atoms with van der Waals surface area (Å²) in [6.45, 7) is 16.6. The molecule has 0 spiro atoms. The van der Waals surface area contributed by atoms with Gasteiger partial charge in [-0.2, -0.15) is 0 Å². The molecule has 0 heterocycles. The predicted octanol–water partition coefficient (Wildman–Crippen LogP) is 14.6. The van der Waals surface area contributed by atoms with E-state index in [1.54, 1.807) is 53.8 Å². The van der Waals surface area contributed by atoms with E-state index in [0.717, 1.165) is 35.6 Å². The number of halogens is 4. The molecule has 466 valence electrons. The fourth-order valence-electron chi connectivity index (χ4n) is 6.65. The SMILES string of the molecule is CC(=O)SCC(C)C(=O)O.CCCCCC(C)CCC(=O)O.C[C@@H](Oc1ccc(Cl)cc1Cl)C(=O)O.C[C@H](CC(=O)O)c1ccc(OC(C)(C)C)cc1.O=C(O)c1c(F)cccc1I.O=C(O)c1cc(Cc2ccc(O)c(C(=O)O)c2)ccc1O. The minimum atomic E-state index is -1.24. The van der Waals surface area contributed by atoms with Crippen LogP contribution in [0.5, 0.6) is 23.0 Å². The number of thioether (sulfide) groups is 1. The minimum Gasteiger partial charge on any atom is -0.507 e. The number of carboxylic acid groups (broad SMARTS) is 7. The van der Waals surface area contributed by atoms with Crippen LogP contribution in [-0.2, 0) is 30.4 Å². The van der Waals surface area contributed by atoms with Crippen molar-refractivity contribution in [3.8, 4) is 23.0 Å². The topological polar surface area (TPSA) is 337 Å². The molecule has 9 N–H and O–H groups in total. The zero-order chi connectivity index (χ0) is 65.3. The number of aromatic hydroxyl groups is 2. The Morgan fingerprint density at radius 2 is 1.21 bits per heavy atom. The number of hydrogen-bond acceptors (Lipinski definition) is 13. The zero-order valence-electron chi connectivity index (χ0n) is 48.4. The Hall–Kier alpha value is -7.15. The molecule has 0 aliphatic carbocycles. The molecule has 0 saturated carbocycles. The average Bonchev–Trinajstić information content (AvgIpc) is 3.49. The first-order valence-electron chi connectivity index (χ1n) is 26.2. The van der Waals surface area contributed by atoms with Crippen molar-refractivity contribution in [1.29, 1.82) is 0 Å². The number of aliphatic carboxylic acids is 4. The second kappa shape index (κ2) is 40.2. The molecule has 5 aromatic rings. The molecule has 0 fully saturated rings. The molecule has 5 rings (SSSR count). The number of rotatable bonds is 22. The van der Waals surface area contributed by atoms with Gasteiger partial charge in [-0.3, -0.25) is 19.2 Å². The summed E-state index contributed by atoms with van der Waals surface area (Å²) in [5, 5.41) is 80.1. The molecule has 0 bridgehead atoms. The molecular weight excluding hydrogens is 1290 g/mol. The Morgan fingerprint density at radius 1 is 0.671 bits per heavy atom. The van der Waals surface area contributed by atoms with Crippen LogP contribution in [0.4, 0.5) is 4.39 Å². The molecule has 0 saturated heterocycles. The molecule has 0 aromatic heterocycles. The maximum Gasteiger partial charge on any atom is 0.344 e. The standard InChI is InChI=1S/C15H12O6.C14H20O3.C10H20O2.C9H8Cl2O3.C7H4FIO2.C6H10O3S/c16-12-3-1-8(6-10(12)14(18)19)5-9-2-4-13(17)11(7-9)15(20)21;1-10(9-13(15)16)11-5-7-12(8-6-11)17-14(2,3)4;1-3-4-5-6-9(2)7-8-10(11)12;1-5(9(12)13)14-8-3-2-6(10)4-7(8)11;8-4-2-1-3-5(9)6(4)7(10)11;1-4(6(8)9)3-10-5(2)7/h1-4,6-7,16-17H,5H2,(H,18,19)(H,20,21);5-8,10H,9H2,1-4H3,(H,15,16);9H,3-8H2,1-2H3,(H,11,12);2-5H,1H3,(H,12,13);1-3H,(H,10,11);4H,3H2,1-2H3,(H,8,9)/t;10-;;5-;;/m.1.1../s1. The second-order valence-corrected chi connectivity index (χ2v) is 23.1. The third-order valence-electron chi connectivity index (χ3n) is 11.2. The smallest absolute Gasteiger partial charge is 0.344 e. The fraction of sp³-hybridized carbons (Fsp3) is 0.377. The number of carbonyl (C=O) groups is 8. The van der Waals surface area contributed by atoms with Crippen molar-refractivity contribution < 1.29 is 98.2 Å². The lowest BCUT2D eigenvalue weighted by molar-refractivity contribution is -0.144. The first-order valence-corrected chi connectivity index (χ1v) is 29.0. The van der Waals surface area contributed by atoms with Crippen LogP contribution in [0, 0.1) is 21.2 Å². The van der Waals surface area contributed by atoms with Crippen LogP contribution in [-0.4, -0.2) is 110 Å². The second-order valence-electron chi connectivity index (χ2n) is 19.9. The maximum atomic E-state index is 12.7.